The molecule has 1 aromatic carbocycles. The van der Waals surface area contributed by atoms with Crippen LogP contribution in [0.5, 0.6) is 0 Å². The maximum atomic E-state index is 6.45. The van der Waals surface area contributed by atoms with E-state index in [-0.39, 0.29) is 0 Å². The molecule has 20 heavy (non-hydrogen) atoms. The summed E-state index contributed by atoms with van der Waals surface area (Å²) < 4.78 is 5.69. The zero-order chi connectivity index (χ0) is 13.8. The average molecular weight is 273 g/mol. The van der Waals surface area contributed by atoms with E-state index in [1.807, 2.05) is 0 Å². The molecule has 1 saturated heterocycles. The Morgan fingerprint density at radius 2 is 2.05 bits per heavy atom. The summed E-state index contributed by atoms with van der Waals surface area (Å²) in [5, 5.41) is 0. The molecule has 1 aliphatic heterocycles. The van der Waals surface area contributed by atoms with E-state index in [9.17, 15) is 0 Å². The lowest BCUT2D eigenvalue weighted by Crippen LogP contribution is -2.34. The molecule has 1 heterocycles. The van der Waals surface area contributed by atoms with Crippen molar-refractivity contribution in [3.05, 3.63) is 35.4 Å². The van der Waals surface area contributed by atoms with Gasteiger partial charge in [0.25, 0.3) is 0 Å². The minimum Gasteiger partial charge on any atom is -0.378 e. The van der Waals surface area contributed by atoms with Crippen LogP contribution in [0.2, 0.25) is 0 Å². The molecule has 1 fully saturated rings. The molecule has 3 atom stereocenters. The van der Waals surface area contributed by atoms with Crippen LogP contribution in [0.4, 0.5) is 0 Å². The van der Waals surface area contributed by atoms with Crippen molar-refractivity contribution in [1.29, 1.82) is 0 Å². The predicted octanol–water partition coefficient (Wildman–Crippen LogP) is 3.47. The summed E-state index contributed by atoms with van der Waals surface area (Å²) in [6, 6.07) is 9.23. The third-order valence-corrected chi connectivity index (χ3v) is 5.08. The lowest BCUT2D eigenvalue weighted by molar-refractivity contribution is 0.101. The van der Waals surface area contributed by atoms with Gasteiger partial charge in [-0.15, -0.1) is 0 Å². The smallest absolute Gasteiger partial charge is 0.0576 e. The molecule has 0 bridgehead atoms. The molecule has 1 aliphatic carbocycles. The van der Waals surface area contributed by atoms with Crippen LogP contribution in [0.1, 0.15) is 49.7 Å². The van der Waals surface area contributed by atoms with Crippen LogP contribution in [0.15, 0.2) is 24.3 Å². The number of fused-ring (bicyclic) bond motifs is 1. The fraction of sp³-hybridized carbons (Fsp3) is 0.667. The highest BCUT2D eigenvalue weighted by Gasteiger charge is 2.24. The lowest BCUT2D eigenvalue weighted by Gasteiger charge is -2.29. The fourth-order valence-electron chi connectivity index (χ4n) is 3.78. The normalized spacial score (nSPS) is 27.2. The van der Waals surface area contributed by atoms with E-state index in [1.54, 1.807) is 0 Å². The molecule has 3 rings (SSSR count). The second-order valence-corrected chi connectivity index (χ2v) is 6.50. The van der Waals surface area contributed by atoms with E-state index in [1.165, 1.54) is 56.1 Å². The van der Waals surface area contributed by atoms with Crippen LogP contribution in [0.3, 0.4) is 0 Å². The van der Waals surface area contributed by atoms with Gasteiger partial charge in [0.15, 0.2) is 0 Å². The number of benzene rings is 1. The third kappa shape index (κ3) is 3.42. The van der Waals surface area contributed by atoms with Crippen LogP contribution in [0, 0.1) is 5.92 Å². The molecule has 0 aromatic heterocycles. The number of hydrogen-bond acceptors (Lipinski definition) is 2. The molecular formula is C18H27NO. The standard InChI is InChI=1S/C18H27NO/c19-18(9-3-7-17-8-4-12-20-17)16-11-10-14-5-1-2-6-15(14)13-16/h1-2,5-6,16-18H,3-4,7-13,19H2. The largest absolute Gasteiger partial charge is 0.378 e. The maximum absolute atomic E-state index is 6.45. The topological polar surface area (TPSA) is 35.2 Å². The Balaban J connectivity index is 1.45. The van der Waals surface area contributed by atoms with Gasteiger partial charge in [-0.25, -0.2) is 0 Å². The Hall–Kier alpha value is -0.860. The molecule has 3 unspecified atom stereocenters. The van der Waals surface area contributed by atoms with Crippen molar-refractivity contribution < 1.29 is 4.74 Å². The second-order valence-electron chi connectivity index (χ2n) is 6.50. The number of aryl methyl sites for hydroxylation is 1. The van der Waals surface area contributed by atoms with Gasteiger partial charge in [0.2, 0.25) is 0 Å². The van der Waals surface area contributed by atoms with Gasteiger partial charge in [0.05, 0.1) is 6.10 Å². The molecule has 2 N–H and O–H groups in total. The maximum Gasteiger partial charge on any atom is 0.0576 e. The average Bonchev–Trinajstić information content (AvgIpc) is 3.00. The van der Waals surface area contributed by atoms with Crippen LogP contribution >= 0.6 is 0 Å². The van der Waals surface area contributed by atoms with E-state index >= 15 is 0 Å². The summed E-state index contributed by atoms with van der Waals surface area (Å²) in [6.07, 6.45) is 10.3. The Bertz CT molecular complexity index is 425. The number of nitrogens with two attached hydrogens (primary N) is 1. The number of rotatable bonds is 5. The van der Waals surface area contributed by atoms with Gasteiger partial charge >= 0.3 is 0 Å². The van der Waals surface area contributed by atoms with Crippen molar-refractivity contribution in [3.8, 4) is 0 Å². The Kier molecular flexibility index (Phi) is 4.74. The first-order valence-corrected chi connectivity index (χ1v) is 8.27. The molecule has 0 radical (unpaired) electrons. The minimum absolute atomic E-state index is 0.366. The van der Waals surface area contributed by atoms with E-state index in [2.05, 4.69) is 24.3 Å². The minimum atomic E-state index is 0.366. The molecule has 0 amide bonds. The predicted molar refractivity (Wildman–Crippen MR) is 82.8 cm³/mol. The zero-order valence-electron chi connectivity index (χ0n) is 12.4. The Labute approximate surface area is 122 Å². The highest BCUT2D eigenvalue weighted by Crippen LogP contribution is 2.28. The fourth-order valence-corrected chi connectivity index (χ4v) is 3.78. The first-order valence-electron chi connectivity index (χ1n) is 8.27. The van der Waals surface area contributed by atoms with E-state index in [4.69, 9.17) is 10.5 Å². The van der Waals surface area contributed by atoms with Crippen LogP contribution in [-0.4, -0.2) is 18.8 Å². The zero-order valence-corrected chi connectivity index (χ0v) is 12.4. The third-order valence-electron chi connectivity index (χ3n) is 5.08. The van der Waals surface area contributed by atoms with Crippen molar-refractivity contribution in [2.45, 2.75) is 63.5 Å². The number of ether oxygens (including phenoxy) is 1. The molecule has 1 aromatic rings. The number of hydrogen-bond donors (Lipinski definition) is 1. The van der Waals surface area contributed by atoms with Crippen molar-refractivity contribution in [2.75, 3.05) is 6.61 Å². The SMILES string of the molecule is NC(CCCC1CCCO1)C1CCc2ccccc2C1. The molecule has 0 spiro atoms. The summed E-state index contributed by atoms with van der Waals surface area (Å²) in [7, 11) is 0. The van der Waals surface area contributed by atoms with Gasteiger partial charge in [0.1, 0.15) is 0 Å². The monoisotopic (exact) mass is 273 g/mol. The van der Waals surface area contributed by atoms with Crippen LogP contribution in [0.25, 0.3) is 0 Å². The summed E-state index contributed by atoms with van der Waals surface area (Å²) in [6.45, 7) is 0.968. The quantitative estimate of drug-likeness (QED) is 0.891. The summed E-state index contributed by atoms with van der Waals surface area (Å²) in [4.78, 5) is 0. The summed E-state index contributed by atoms with van der Waals surface area (Å²) >= 11 is 0. The highest BCUT2D eigenvalue weighted by molar-refractivity contribution is 5.29. The van der Waals surface area contributed by atoms with Gasteiger partial charge in [-0.2, -0.15) is 0 Å². The van der Waals surface area contributed by atoms with Crippen LogP contribution < -0.4 is 5.73 Å². The van der Waals surface area contributed by atoms with Gasteiger partial charge in [-0.3, -0.25) is 0 Å². The molecular weight excluding hydrogens is 246 g/mol. The van der Waals surface area contributed by atoms with E-state index < -0.39 is 0 Å². The molecule has 110 valence electrons. The van der Waals surface area contributed by atoms with Gasteiger partial charge in [-0.05, 0) is 68.4 Å². The Morgan fingerprint density at radius 1 is 1.20 bits per heavy atom. The van der Waals surface area contributed by atoms with E-state index in [0.29, 0.717) is 18.1 Å². The second kappa shape index (κ2) is 6.73. The molecule has 2 heteroatoms. The summed E-state index contributed by atoms with van der Waals surface area (Å²) in [5.74, 6) is 0.675. The highest BCUT2D eigenvalue weighted by atomic mass is 16.5. The van der Waals surface area contributed by atoms with Crippen molar-refractivity contribution >= 4 is 0 Å². The van der Waals surface area contributed by atoms with Crippen molar-refractivity contribution in [2.24, 2.45) is 11.7 Å². The van der Waals surface area contributed by atoms with Crippen molar-refractivity contribution in [3.63, 3.8) is 0 Å². The first kappa shape index (κ1) is 14.1. The lowest BCUT2D eigenvalue weighted by atomic mass is 9.79. The molecule has 2 nitrogen and oxygen atoms in total. The molecule has 2 aliphatic rings. The van der Waals surface area contributed by atoms with Gasteiger partial charge in [-0.1, -0.05) is 24.3 Å². The van der Waals surface area contributed by atoms with E-state index in [0.717, 1.165) is 13.0 Å². The Morgan fingerprint density at radius 3 is 2.85 bits per heavy atom. The molecule has 0 saturated carbocycles. The summed E-state index contributed by atoms with van der Waals surface area (Å²) in [5.41, 5.74) is 9.51. The first-order chi connectivity index (χ1) is 9.83. The van der Waals surface area contributed by atoms with Crippen molar-refractivity contribution in [1.82, 2.24) is 0 Å². The van der Waals surface area contributed by atoms with Gasteiger partial charge in [0, 0.05) is 12.6 Å². The van der Waals surface area contributed by atoms with Crippen LogP contribution in [-0.2, 0) is 17.6 Å². The van der Waals surface area contributed by atoms with Gasteiger partial charge < -0.3 is 10.5 Å².